The fourth-order valence-corrected chi connectivity index (χ4v) is 5.81. The summed E-state index contributed by atoms with van der Waals surface area (Å²) in [6, 6.07) is 26.4. The third-order valence-electron chi connectivity index (χ3n) is 7.85. The lowest BCUT2D eigenvalue weighted by atomic mass is 9.90. The molecule has 0 aliphatic heterocycles. The summed E-state index contributed by atoms with van der Waals surface area (Å²) in [5.41, 5.74) is 8.53. The number of hydrogen-bond donors (Lipinski definition) is 2. The number of nitrogens with one attached hydrogen (secondary N) is 2. The Morgan fingerprint density at radius 3 is 2.62 bits per heavy atom. The van der Waals surface area contributed by atoms with Gasteiger partial charge in [-0.1, -0.05) is 55.5 Å². The number of aryl methyl sites for hydroxylation is 1. The van der Waals surface area contributed by atoms with Gasteiger partial charge in [-0.05, 0) is 72.2 Å². The molecule has 5 aromatic rings. The second-order valence-electron chi connectivity index (χ2n) is 10.5. The summed E-state index contributed by atoms with van der Waals surface area (Å²) in [5, 5.41) is 3.70. The maximum atomic E-state index is 4.90. The van der Waals surface area contributed by atoms with Crippen molar-refractivity contribution in [3.05, 3.63) is 125 Å². The SMILES string of the molecule is CCC(NCc1ccc(CN(Cc2nc3ccccc3[nH]2)C2CCCc3cccnc32)cc1)c1cccnc1. The van der Waals surface area contributed by atoms with E-state index in [4.69, 9.17) is 9.97 Å². The molecule has 1 aliphatic rings. The first-order valence-electron chi connectivity index (χ1n) is 14.1. The van der Waals surface area contributed by atoms with E-state index in [1.54, 1.807) is 0 Å². The van der Waals surface area contributed by atoms with Gasteiger partial charge in [0.25, 0.3) is 0 Å². The molecule has 3 aromatic heterocycles. The highest BCUT2D eigenvalue weighted by atomic mass is 15.2. The van der Waals surface area contributed by atoms with Crippen molar-refractivity contribution in [1.29, 1.82) is 0 Å². The van der Waals surface area contributed by atoms with Crippen LogP contribution in [0.4, 0.5) is 0 Å². The Hall–Kier alpha value is -3.87. The van der Waals surface area contributed by atoms with E-state index in [1.807, 2.05) is 30.7 Å². The molecule has 6 rings (SSSR count). The summed E-state index contributed by atoms with van der Waals surface area (Å²) in [5.74, 6) is 1.00. The Labute approximate surface area is 230 Å². The van der Waals surface area contributed by atoms with E-state index in [9.17, 15) is 0 Å². The van der Waals surface area contributed by atoms with Crippen molar-refractivity contribution in [2.45, 2.75) is 64.3 Å². The molecule has 2 unspecified atom stereocenters. The standard InChI is InChI=1S/C33H36N6/c1-2-28(27-10-6-18-34-21-27)36-20-24-14-16-25(17-15-24)22-39(23-32-37-29-11-3-4-12-30(29)38-32)31-13-5-8-26-9-7-19-35-33(26)31/h3-4,6-7,9-12,14-19,21,28,31,36H,2,5,8,13,20,22-23H2,1H3,(H,37,38). The van der Waals surface area contributed by atoms with Crippen LogP contribution in [-0.2, 0) is 26.1 Å². The summed E-state index contributed by atoms with van der Waals surface area (Å²) >= 11 is 0. The molecule has 0 bridgehead atoms. The number of aromatic amines is 1. The number of nitrogens with zero attached hydrogens (tertiary/aromatic N) is 4. The normalized spacial score (nSPS) is 15.9. The molecule has 198 valence electrons. The molecule has 0 radical (unpaired) electrons. The van der Waals surface area contributed by atoms with E-state index in [1.165, 1.54) is 34.4 Å². The Morgan fingerprint density at radius 2 is 1.79 bits per heavy atom. The zero-order valence-corrected chi connectivity index (χ0v) is 22.6. The molecule has 1 aliphatic carbocycles. The number of hydrogen-bond acceptors (Lipinski definition) is 5. The van der Waals surface area contributed by atoms with Gasteiger partial charge in [-0.3, -0.25) is 14.9 Å². The minimum absolute atomic E-state index is 0.272. The van der Waals surface area contributed by atoms with Gasteiger partial charge < -0.3 is 10.3 Å². The maximum Gasteiger partial charge on any atom is 0.121 e. The summed E-state index contributed by atoms with van der Waals surface area (Å²) in [6.45, 7) is 4.64. The number of rotatable bonds is 10. The quantitative estimate of drug-likeness (QED) is 0.217. The molecular formula is C33H36N6. The average Bonchev–Trinajstić information content (AvgIpc) is 3.41. The van der Waals surface area contributed by atoms with Crippen molar-refractivity contribution < 1.29 is 0 Å². The van der Waals surface area contributed by atoms with E-state index < -0.39 is 0 Å². The molecule has 39 heavy (non-hydrogen) atoms. The summed E-state index contributed by atoms with van der Waals surface area (Å²) in [4.78, 5) is 20.1. The first-order chi connectivity index (χ1) is 19.3. The second kappa shape index (κ2) is 11.9. The van der Waals surface area contributed by atoms with Crippen molar-refractivity contribution in [3.63, 3.8) is 0 Å². The molecule has 3 heterocycles. The number of imidazole rings is 1. The van der Waals surface area contributed by atoms with Crippen LogP contribution in [0.1, 0.15) is 72.0 Å². The zero-order valence-electron chi connectivity index (χ0n) is 22.6. The predicted molar refractivity (Wildman–Crippen MR) is 156 cm³/mol. The largest absolute Gasteiger partial charge is 0.341 e. The van der Waals surface area contributed by atoms with E-state index in [2.05, 4.69) is 87.8 Å². The number of pyridine rings is 2. The van der Waals surface area contributed by atoms with Gasteiger partial charge in [0, 0.05) is 37.7 Å². The lowest BCUT2D eigenvalue weighted by molar-refractivity contribution is 0.153. The van der Waals surface area contributed by atoms with Crippen molar-refractivity contribution in [2.75, 3.05) is 0 Å². The molecule has 2 aromatic carbocycles. The van der Waals surface area contributed by atoms with Crippen LogP contribution >= 0.6 is 0 Å². The molecule has 0 saturated carbocycles. The fraction of sp³-hybridized carbons (Fsp3) is 0.303. The van der Waals surface area contributed by atoms with Gasteiger partial charge in [0.1, 0.15) is 5.82 Å². The summed E-state index contributed by atoms with van der Waals surface area (Å²) < 4.78 is 0. The molecule has 0 amide bonds. The third-order valence-corrected chi connectivity index (χ3v) is 7.85. The van der Waals surface area contributed by atoms with Crippen molar-refractivity contribution in [1.82, 2.24) is 30.2 Å². The zero-order chi connectivity index (χ0) is 26.4. The number of fused-ring (bicyclic) bond motifs is 2. The van der Waals surface area contributed by atoms with E-state index in [0.717, 1.165) is 55.8 Å². The van der Waals surface area contributed by atoms with Gasteiger partial charge in [-0.15, -0.1) is 0 Å². The van der Waals surface area contributed by atoms with Gasteiger partial charge in [0.05, 0.1) is 29.3 Å². The van der Waals surface area contributed by atoms with Crippen molar-refractivity contribution in [2.24, 2.45) is 0 Å². The number of benzene rings is 2. The fourth-order valence-electron chi connectivity index (χ4n) is 5.81. The number of para-hydroxylation sites is 2. The molecule has 0 saturated heterocycles. The van der Waals surface area contributed by atoms with Crippen LogP contribution in [-0.4, -0.2) is 24.8 Å². The highest BCUT2D eigenvalue weighted by Gasteiger charge is 2.28. The molecular weight excluding hydrogens is 480 g/mol. The van der Waals surface area contributed by atoms with Gasteiger partial charge in [-0.2, -0.15) is 0 Å². The highest BCUT2D eigenvalue weighted by Crippen LogP contribution is 2.34. The number of aromatic nitrogens is 4. The van der Waals surface area contributed by atoms with Crippen LogP contribution in [0.5, 0.6) is 0 Å². The Bertz CT molecular complexity index is 1460. The Kier molecular flexibility index (Phi) is 7.75. The molecule has 6 heteroatoms. The van der Waals surface area contributed by atoms with Crippen molar-refractivity contribution in [3.8, 4) is 0 Å². The van der Waals surface area contributed by atoms with Gasteiger partial charge >= 0.3 is 0 Å². The van der Waals surface area contributed by atoms with Crippen LogP contribution in [0.2, 0.25) is 0 Å². The third kappa shape index (κ3) is 5.92. The van der Waals surface area contributed by atoms with Gasteiger partial charge in [-0.25, -0.2) is 4.98 Å². The first kappa shape index (κ1) is 25.4. The van der Waals surface area contributed by atoms with Crippen LogP contribution < -0.4 is 5.32 Å². The smallest absolute Gasteiger partial charge is 0.121 e. The van der Waals surface area contributed by atoms with Gasteiger partial charge in [0.2, 0.25) is 0 Å². The predicted octanol–water partition coefficient (Wildman–Crippen LogP) is 6.67. The van der Waals surface area contributed by atoms with Crippen LogP contribution in [0.3, 0.4) is 0 Å². The lowest BCUT2D eigenvalue weighted by Gasteiger charge is -2.34. The first-order valence-corrected chi connectivity index (χ1v) is 14.1. The van der Waals surface area contributed by atoms with E-state index in [0.29, 0.717) is 6.04 Å². The van der Waals surface area contributed by atoms with E-state index in [-0.39, 0.29) is 6.04 Å². The van der Waals surface area contributed by atoms with Crippen LogP contribution in [0, 0.1) is 0 Å². The molecule has 2 N–H and O–H groups in total. The van der Waals surface area contributed by atoms with Crippen molar-refractivity contribution >= 4 is 11.0 Å². The topological polar surface area (TPSA) is 69.7 Å². The Balaban J connectivity index is 1.20. The maximum absolute atomic E-state index is 4.90. The monoisotopic (exact) mass is 516 g/mol. The molecule has 0 spiro atoms. The van der Waals surface area contributed by atoms with Gasteiger partial charge in [0.15, 0.2) is 0 Å². The lowest BCUT2D eigenvalue weighted by Crippen LogP contribution is -2.31. The second-order valence-corrected chi connectivity index (χ2v) is 10.5. The van der Waals surface area contributed by atoms with Crippen LogP contribution in [0.15, 0.2) is 91.4 Å². The number of H-pyrrole nitrogens is 1. The Morgan fingerprint density at radius 1 is 0.949 bits per heavy atom. The average molecular weight is 517 g/mol. The molecule has 2 atom stereocenters. The van der Waals surface area contributed by atoms with E-state index >= 15 is 0 Å². The minimum atomic E-state index is 0.272. The highest BCUT2D eigenvalue weighted by molar-refractivity contribution is 5.74. The van der Waals surface area contributed by atoms with Crippen LogP contribution in [0.25, 0.3) is 11.0 Å². The molecule has 6 nitrogen and oxygen atoms in total. The summed E-state index contributed by atoms with van der Waals surface area (Å²) in [6.07, 6.45) is 10.1. The summed E-state index contributed by atoms with van der Waals surface area (Å²) in [7, 11) is 0. The molecule has 0 fully saturated rings. The minimum Gasteiger partial charge on any atom is -0.341 e.